The smallest absolute Gasteiger partial charge is 0.221 e. The molecule has 1 amide bonds. The number of aromatic nitrogens is 1. The van der Waals surface area contributed by atoms with E-state index in [9.17, 15) is 4.79 Å². The summed E-state index contributed by atoms with van der Waals surface area (Å²) < 4.78 is 13.4. The van der Waals surface area contributed by atoms with Gasteiger partial charge < -0.3 is 19.4 Å². The van der Waals surface area contributed by atoms with E-state index in [0.717, 1.165) is 61.6 Å². The molecule has 1 aliphatic heterocycles. The van der Waals surface area contributed by atoms with Gasteiger partial charge in [-0.1, -0.05) is 48.5 Å². The Labute approximate surface area is 231 Å². The van der Waals surface area contributed by atoms with E-state index in [1.165, 1.54) is 16.5 Å². The van der Waals surface area contributed by atoms with Crippen molar-refractivity contribution in [3.8, 4) is 11.5 Å². The van der Waals surface area contributed by atoms with E-state index in [0.29, 0.717) is 6.42 Å². The number of methoxy groups -OCH3 is 2. The number of hydrogen-bond donors (Lipinski definition) is 1. The second kappa shape index (κ2) is 12.4. The Morgan fingerprint density at radius 3 is 2.28 bits per heavy atom. The number of carbonyl (C=O) groups is 1. The molecular formula is C33H39N3O3. The van der Waals surface area contributed by atoms with Crippen LogP contribution in [0.25, 0.3) is 10.9 Å². The Kier molecular flexibility index (Phi) is 8.52. The first-order valence-electron chi connectivity index (χ1n) is 13.9. The summed E-state index contributed by atoms with van der Waals surface area (Å²) in [6, 6.07) is 25.2. The number of ether oxygens (including phenoxy) is 2. The molecule has 39 heavy (non-hydrogen) atoms. The summed E-state index contributed by atoms with van der Waals surface area (Å²) in [6.45, 7) is 5.95. The lowest BCUT2D eigenvalue weighted by Crippen LogP contribution is -2.44. The van der Waals surface area contributed by atoms with Gasteiger partial charge in [0.25, 0.3) is 0 Å². The van der Waals surface area contributed by atoms with E-state index < -0.39 is 0 Å². The van der Waals surface area contributed by atoms with Crippen molar-refractivity contribution >= 4 is 16.8 Å². The van der Waals surface area contributed by atoms with Crippen molar-refractivity contribution in [1.82, 2.24) is 14.8 Å². The third-order valence-corrected chi connectivity index (χ3v) is 7.90. The predicted molar refractivity (Wildman–Crippen MR) is 157 cm³/mol. The molecule has 0 bridgehead atoms. The van der Waals surface area contributed by atoms with Crippen LogP contribution < -0.4 is 14.8 Å². The van der Waals surface area contributed by atoms with E-state index in [4.69, 9.17) is 9.47 Å². The van der Waals surface area contributed by atoms with Crippen molar-refractivity contribution in [2.45, 2.75) is 51.2 Å². The van der Waals surface area contributed by atoms with Crippen LogP contribution in [0.1, 0.15) is 48.8 Å². The standard InChI is InChI=1S/C33H39N3O3/c1-4-36-23-31(29-12-8-9-13-32(29)36)30(25-18-27(38-2)20-28(19-25)39-3)21-33(37)34-26-14-16-35(17-15-26)22-24-10-6-5-7-11-24/h5-13,18-20,23,26,30H,4,14-17,21-22H2,1-3H3,(H,34,37)/t30-/m0/s1. The first-order chi connectivity index (χ1) is 19.1. The summed E-state index contributed by atoms with van der Waals surface area (Å²) in [6.07, 6.45) is 4.49. The van der Waals surface area contributed by atoms with Crippen molar-refractivity contribution in [3.05, 3.63) is 95.7 Å². The highest BCUT2D eigenvalue weighted by molar-refractivity contribution is 5.87. The normalized spacial score (nSPS) is 15.3. The molecule has 0 aliphatic carbocycles. The molecular weight excluding hydrogens is 486 g/mol. The SMILES string of the molecule is CCn1cc([C@@H](CC(=O)NC2CCN(Cc3ccccc3)CC2)c2cc(OC)cc(OC)c2)c2ccccc21. The second-order valence-electron chi connectivity index (χ2n) is 10.4. The summed E-state index contributed by atoms with van der Waals surface area (Å²) >= 11 is 0. The van der Waals surface area contributed by atoms with Crippen LogP contribution >= 0.6 is 0 Å². The van der Waals surface area contributed by atoms with Gasteiger partial charge in [-0.05, 0) is 54.7 Å². The average molecular weight is 526 g/mol. The van der Waals surface area contributed by atoms with Crippen molar-refractivity contribution in [3.63, 3.8) is 0 Å². The number of para-hydroxylation sites is 1. The Hall–Kier alpha value is -3.77. The van der Waals surface area contributed by atoms with E-state index in [1.54, 1.807) is 14.2 Å². The number of aryl methyl sites for hydroxylation is 1. The summed E-state index contributed by atoms with van der Waals surface area (Å²) in [5, 5.41) is 4.54. The number of fused-ring (bicyclic) bond motifs is 1. The van der Waals surface area contributed by atoms with Crippen molar-refractivity contribution in [1.29, 1.82) is 0 Å². The zero-order valence-corrected chi connectivity index (χ0v) is 23.2. The molecule has 1 aromatic heterocycles. The van der Waals surface area contributed by atoms with Gasteiger partial charge in [0.2, 0.25) is 5.91 Å². The molecule has 6 heteroatoms. The first-order valence-corrected chi connectivity index (χ1v) is 13.9. The minimum Gasteiger partial charge on any atom is -0.497 e. The van der Waals surface area contributed by atoms with Crippen molar-refractivity contribution < 1.29 is 14.3 Å². The van der Waals surface area contributed by atoms with Gasteiger partial charge in [-0.2, -0.15) is 0 Å². The molecule has 1 fully saturated rings. The van der Waals surface area contributed by atoms with Crippen LogP contribution in [0.15, 0.2) is 79.0 Å². The monoisotopic (exact) mass is 525 g/mol. The van der Waals surface area contributed by atoms with Gasteiger partial charge >= 0.3 is 0 Å². The quantitative estimate of drug-likeness (QED) is 0.277. The fraction of sp³-hybridized carbons (Fsp3) is 0.364. The van der Waals surface area contributed by atoms with Gasteiger partial charge in [-0.15, -0.1) is 0 Å². The maximum atomic E-state index is 13.6. The lowest BCUT2D eigenvalue weighted by molar-refractivity contribution is -0.122. The van der Waals surface area contributed by atoms with Gasteiger partial charge in [-0.3, -0.25) is 9.69 Å². The zero-order chi connectivity index (χ0) is 27.2. The Morgan fingerprint density at radius 1 is 0.949 bits per heavy atom. The van der Waals surface area contributed by atoms with Crippen LogP contribution in [0.3, 0.4) is 0 Å². The summed E-state index contributed by atoms with van der Waals surface area (Å²) in [7, 11) is 3.32. The number of rotatable bonds is 10. The van der Waals surface area contributed by atoms with E-state index in [2.05, 4.69) is 82.5 Å². The van der Waals surface area contributed by atoms with Crippen LogP contribution in [-0.4, -0.2) is 48.7 Å². The lowest BCUT2D eigenvalue weighted by Gasteiger charge is -2.32. The summed E-state index contributed by atoms with van der Waals surface area (Å²) in [5.74, 6) is 1.39. The number of amides is 1. The van der Waals surface area contributed by atoms with Crippen molar-refractivity contribution in [2.24, 2.45) is 0 Å². The molecule has 5 rings (SSSR count). The van der Waals surface area contributed by atoms with Crippen molar-refractivity contribution in [2.75, 3.05) is 27.3 Å². The van der Waals surface area contributed by atoms with Gasteiger partial charge in [0.1, 0.15) is 11.5 Å². The van der Waals surface area contributed by atoms with Gasteiger partial charge in [-0.25, -0.2) is 0 Å². The highest BCUT2D eigenvalue weighted by Gasteiger charge is 2.26. The Bertz CT molecular complexity index is 1370. The highest BCUT2D eigenvalue weighted by Crippen LogP contribution is 2.38. The molecule has 1 saturated heterocycles. The van der Waals surface area contributed by atoms with Crippen LogP contribution in [0.2, 0.25) is 0 Å². The molecule has 0 saturated carbocycles. The largest absolute Gasteiger partial charge is 0.497 e. The molecule has 4 aromatic rings. The number of piperidine rings is 1. The maximum Gasteiger partial charge on any atom is 0.221 e. The Balaban J connectivity index is 1.35. The van der Waals surface area contributed by atoms with Crippen LogP contribution in [-0.2, 0) is 17.9 Å². The van der Waals surface area contributed by atoms with E-state index in [-0.39, 0.29) is 17.9 Å². The van der Waals surface area contributed by atoms with Crippen LogP contribution in [0.5, 0.6) is 11.5 Å². The zero-order valence-electron chi connectivity index (χ0n) is 23.2. The van der Waals surface area contributed by atoms with Gasteiger partial charge in [0, 0.05) is 67.7 Å². The van der Waals surface area contributed by atoms with E-state index >= 15 is 0 Å². The van der Waals surface area contributed by atoms with E-state index in [1.807, 2.05) is 18.2 Å². The third-order valence-electron chi connectivity index (χ3n) is 7.90. The average Bonchev–Trinajstić information content (AvgIpc) is 3.35. The summed E-state index contributed by atoms with van der Waals surface area (Å²) in [4.78, 5) is 16.0. The molecule has 1 aliphatic rings. The first kappa shape index (κ1) is 26.8. The molecule has 204 valence electrons. The van der Waals surface area contributed by atoms with Gasteiger partial charge in [0.05, 0.1) is 14.2 Å². The topological polar surface area (TPSA) is 55.7 Å². The van der Waals surface area contributed by atoms with Gasteiger partial charge in [0.15, 0.2) is 0 Å². The minimum atomic E-state index is -0.134. The molecule has 0 spiro atoms. The molecule has 1 N–H and O–H groups in total. The number of hydrogen-bond acceptors (Lipinski definition) is 4. The molecule has 2 heterocycles. The van der Waals surface area contributed by atoms with Crippen LogP contribution in [0, 0.1) is 0 Å². The molecule has 1 atom stereocenters. The third kappa shape index (κ3) is 6.28. The number of nitrogens with zero attached hydrogens (tertiary/aromatic N) is 2. The molecule has 0 radical (unpaired) electrons. The maximum absolute atomic E-state index is 13.6. The second-order valence-corrected chi connectivity index (χ2v) is 10.4. The Morgan fingerprint density at radius 2 is 1.62 bits per heavy atom. The number of carbonyl (C=O) groups excluding carboxylic acids is 1. The molecule has 3 aromatic carbocycles. The van der Waals surface area contributed by atoms with Crippen LogP contribution in [0.4, 0.5) is 0 Å². The molecule has 0 unspecified atom stereocenters. The highest BCUT2D eigenvalue weighted by atomic mass is 16.5. The number of nitrogens with one attached hydrogen (secondary N) is 1. The number of benzene rings is 3. The lowest BCUT2D eigenvalue weighted by atomic mass is 9.87. The minimum absolute atomic E-state index is 0.0802. The molecule has 6 nitrogen and oxygen atoms in total. The fourth-order valence-corrected chi connectivity index (χ4v) is 5.80. The fourth-order valence-electron chi connectivity index (χ4n) is 5.80. The number of likely N-dealkylation sites (tertiary alicyclic amines) is 1. The summed E-state index contributed by atoms with van der Waals surface area (Å²) in [5.41, 5.74) is 4.68. The predicted octanol–water partition coefficient (Wildman–Crippen LogP) is 5.98.